The lowest BCUT2D eigenvalue weighted by Gasteiger charge is -2.31. The summed E-state index contributed by atoms with van der Waals surface area (Å²) in [7, 11) is 0. The number of thiocarbonyl (C=S) groups is 1. The van der Waals surface area contributed by atoms with E-state index in [0.29, 0.717) is 0 Å². The molecule has 1 N–H and O–H groups in total. The number of benzene rings is 3. The third kappa shape index (κ3) is 3.78. The number of carbonyl (C=O) groups is 1. The van der Waals surface area contributed by atoms with Crippen LogP contribution in [0.25, 0.3) is 0 Å². The highest BCUT2D eigenvalue weighted by molar-refractivity contribution is 7.80. The van der Waals surface area contributed by atoms with Gasteiger partial charge in [-0.15, -0.1) is 0 Å². The lowest BCUT2D eigenvalue weighted by atomic mass is 9.99. The molecule has 1 amide bonds. The molecule has 7 nitrogen and oxygen atoms in total. The average Bonchev–Trinajstić information content (AvgIpc) is 2.97. The number of nitro benzene ring substituents is 1. The lowest BCUT2D eigenvalue weighted by Crippen LogP contribution is -2.46. The van der Waals surface area contributed by atoms with E-state index < -0.39 is 16.6 Å². The molecule has 1 fully saturated rings. The Labute approximate surface area is 184 Å². The zero-order chi connectivity index (χ0) is 22.0. The average molecular weight is 433 g/mol. The minimum atomic E-state index is -2.16. The molecule has 8 heteroatoms. The number of amides is 1. The number of rotatable bonds is 6. The minimum absolute atomic E-state index is 0.0977. The number of non-ortho nitro benzene ring substituents is 1. The molecule has 0 saturated carbocycles. The summed E-state index contributed by atoms with van der Waals surface area (Å²) in [6.07, 6.45) is 0. The Balaban J connectivity index is 1.78. The Morgan fingerprint density at radius 2 is 1.48 bits per heavy atom. The molecule has 1 saturated heterocycles. The number of aliphatic hydroxyl groups is 1. The van der Waals surface area contributed by atoms with Crippen molar-refractivity contribution in [1.29, 1.82) is 0 Å². The smallest absolute Gasteiger partial charge is 0.287 e. The molecule has 4 rings (SSSR count). The van der Waals surface area contributed by atoms with Crippen molar-refractivity contribution in [3.63, 3.8) is 0 Å². The highest BCUT2D eigenvalue weighted by Crippen LogP contribution is 2.38. The van der Waals surface area contributed by atoms with Crippen LogP contribution in [0.3, 0.4) is 0 Å². The Kier molecular flexibility index (Phi) is 5.50. The second-order valence-corrected chi connectivity index (χ2v) is 7.58. The van der Waals surface area contributed by atoms with Crippen molar-refractivity contribution in [2.24, 2.45) is 0 Å². The number of hydrogen-bond acceptors (Lipinski definition) is 5. The van der Waals surface area contributed by atoms with Gasteiger partial charge in [-0.25, -0.2) is 0 Å². The molecule has 3 aromatic carbocycles. The van der Waals surface area contributed by atoms with Crippen molar-refractivity contribution in [2.75, 3.05) is 0 Å². The summed E-state index contributed by atoms with van der Waals surface area (Å²) >= 11 is 5.61. The van der Waals surface area contributed by atoms with Crippen molar-refractivity contribution in [2.45, 2.75) is 18.8 Å². The summed E-state index contributed by atoms with van der Waals surface area (Å²) in [6.45, 7) is 0.344. The van der Waals surface area contributed by atoms with Crippen LogP contribution in [0.4, 0.5) is 5.69 Å². The molecule has 0 bridgehead atoms. The maximum absolute atomic E-state index is 13.5. The molecule has 156 valence electrons. The van der Waals surface area contributed by atoms with E-state index in [1.807, 2.05) is 60.7 Å². The molecule has 0 aromatic heterocycles. The monoisotopic (exact) mass is 433 g/mol. The van der Waals surface area contributed by atoms with Gasteiger partial charge >= 0.3 is 0 Å². The predicted octanol–water partition coefficient (Wildman–Crippen LogP) is 3.57. The van der Waals surface area contributed by atoms with Crippen molar-refractivity contribution in [1.82, 2.24) is 9.80 Å². The van der Waals surface area contributed by atoms with Gasteiger partial charge in [-0.05, 0) is 23.3 Å². The molecule has 3 aromatic rings. The molecular formula is C23H19N3O4S. The largest absolute Gasteiger partial charge is 0.359 e. The number of hydrogen-bond donors (Lipinski definition) is 1. The highest BCUT2D eigenvalue weighted by Gasteiger charge is 2.56. The number of nitro groups is 1. The van der Waals surface area contributed by atoms with Gasteiger partial charge in [0, 0.05) is 24.2 Å². The summed E-state index contributed by atoms with van der Waals surface area (Å²) in [5.74, 6) is -0.641. The van der Waals surface area contributed by atoms with Crippen LogP contribution in [0, 0.1) is 10.1 Å². The van der Waals surface area contributed by atoms with E-state index in [1.54, 1.807) is 0 Å². The number of carbonyl (C=O) groups excluding carboxylic acids is 1. The molecule has 1 aliphatic heterocycles. The van der Waals surface area contributed by atoms with Gasteiger partial charge in [-0.2, -0.15) is 0 Å². The van der Waals surface area contributed by atoms with E-state index in [2.05, 4.69) is 0 Å². The van der Waals surface area contributed by atoms with Gasteiger partial charge in [0.15, 0.2) is 5.11 Å². The third-order valence-corrected chi connectivity index (χ3v) is 5.66. The first-order valence-electron chi connectivity index (χ1n) is 9.60. The first-order chi connectivity index (χ1) is 14.9. The fraction of sp³-hybridized carbons (Fsp3) is 0.130. The Bertz CT molecular complexity index is 1140. The first kappa shape index (κ1) is 20.6. The maximum Gasteiger partial charge on any atom is 0.287 e. The van der Waals surface area contributed by atoms with Crippen LogP contribution in [0.1, 0.15) is 16.7 Å². The Morgan fingerprint density at radius 1 is 0.903 bits per heavy atom. The van der Waals surface area contributed by atoms with Gasteiger partial charge in [0.2, 0.25) is 5.72 Å². The van der Waals surface area contributed by atoms with E-state index in [4.69, 9.17) is 12.2 Å². The van der Waals surface area contributed by atoms with E-state index in [1.165, 1.54) is 34.1 Å². The Morgan fingerprint density at radius 3 is 2.06 bits per heavy atom. The highest BCUT2D eigenvalue weighted by atomic mass is 32.1. The summed E-state index contributed by atoms with van der Waals surface area (Å²) in [6, 6.07) is 24.1. The molecular weight excluding hydrogens is 414 g/mol. The van der Waals surface area contributed by atoms with Crippen molar-refractivity contribution < 1.29 is 14.8 Å². The molecule has 0 spiro atoms. The van der Waals surface area contributed by atoms with E-state index in [0.717, 1.165) is 11.1 Å². The van der Waals surface area contributed by atoms with E-state index >= 15 is 0 Å². The summed E-state index contributed by atoms with van der Waals surface area (Å²) in [4.78, 5) is 27.0. The fourth-order valence-electron chi connectivity index (χ4n) is 3.64. The van der Waals surface area contributed by atoms with Crippen LogP contribution in [-0.2, 0) is 23.6 Å². The second kappa shape index (κ2) is 8.25. The van der Waals surface area contributed by atoms with Crippen molar-refractivity contribution >= 4 is 28.9 Å². The second-order valence-electron chi connectivity index (χ2n) is 7.21. The number of nitrogens with zero attached hydrogens (tertiary/aromatic N) is 3. The van der Waals surface area contributed by atoms with Gasteiger partial charge in [-0.1, -0.05) is 72.8 Å². The zero-order valence-corrected chi connectivity index (χ0v) is 17.2. The van der Waals surface area contributed by atoms with E-state index in [-0.39, 0.29) is 29.5 Å². The van der Waals surface area contributed by atoms with Crippen LogP contribution in [-0.4, -0.2) is 30.8 Å². The standard InChI is InChI=1S/C23H19N3O4S/c27-21-23(28,19-12-7-13-20(14-19)26(29)30)25(16-18-10-5-2-6-11-18)22(31)24(21)15-17-8-3-1-4-9-17/h1-14,28H,15-16H2/t23-/m1/s1. The molecule has 1 heterocycles. The molecule has 0 aliphatic carbocycles. The van der Waals surface area contributed by atoms with Gasteiger partial charge in [0.25, 0.3) is 11.6 Å². The first-order valence-corrected chi connectivity index (χ1v) is 10.0. The lowest BCUT2D eigenvalue weighted by molar-refractivity contribution is -0.385. The third-order valence-electron chi connectivity index (χ3n) is 5.22. The molecule has 31 heavy (non-hydrogen) atoms. The predicted molar refractivity (Wildman–Crippen MR) is 119 cm³/mol. The fourth-order valence-corrected chi connectivity index (χ4v) is 3.99. The van der Waals surface area contributed by atoms with Gasteiger partial charge in [0.1, 0.15) is 0 Å². The van der Waals surface area contributed by atoms with Gasteiger partial charge < -0.3 is 10.0 Å². The molecule has 1 aliphatic rings. The van der Waals surface area contributed by atoms with Gasteiger partial charge in [-0.3, -0.25) is 19.8 Å². The molecule has 1 atom stereocenters. The zero-order valence-electron chi connectivity index (χ0n) is 16.4. The van der Waals surface area contributed by atoms with Gasteiger partial charge in [0.05, 0.1) is 11.5 Å². The summed E-state index contributed by atoms with van der Waals surface area (Å²) < 4.78 is 0. The SMILES string of the molecule is O=C1N(Cc2ccccc2)C(=S)N(Cc2ccccc2)[C@@]1(O)c1cccc([N+](=O)[O-])c1. The molecule has 0 radical (unpaired) electrons. The summed E-state index contributed by atoms with van der Waals surface area (Å²) in [5.41, 5.74) is -0.594. The van der Waals surface area contributed by atoms with Crippen molar-refractivity contribution in [3.8, 4) is 0 Å². The quantitative estimate of drug-likeness (QED) is 0.363. The van der Waals surface area contributed by atoms with Crippen LogP contribution >= 0.6 is 12.2 Å². The van der Waals surface area contributed by atoms with Crippen LogP contribution < -0.4 is 0 Å². The van der Waals surface area contributed by atoms with Crippen LogP contribution in [0.15, 0.2) is 84.9 Å². The molecule has 0 unspecified atom stereocenters. The van der Waals surface area contributed by atoms with Crippen LogP contribution in [0.5, 0.6) is 0 Å². The minimum Gasteiger partial charge on any atom is -0.359 e. The Hall–Kier alpha value is -3.62. The van der Waals surface area contributed by atoms with Crippen molar-refractivity contribution in [3.05, 3.63) is 112 Å². The maximum atomic E-state index is 13.5. The summed E-state index contributed by atoms with van der Waals surface area (Å²) in [5, 5.41) is 23.1. The topological polar surface area (TPSA) is 86.9 Å². The van der Waals surface area contributed by atoms with E-state index in [9.17, 15) is 20.0 Å². The normalized spacial score (nSPS) is 18.5. The van der Waals surface area contributed by atoms with Crippen LogP contribution in [0.2, 0.25) is 0 Å².